The predicted molar refractivity (Wildman–Crippen MR) is 80.1 cm³/mol. The van der Waals surface area contributed by atoms with Crippen LogP contribution in [0.5, 0.6) is 0 Å². The molecule has 1 fully saturated rings. The molecule has 6 nitrogen and oxygen atoms in total. The molecule has 1 aliphatic rings. The molecule has 1 amide bonds. The van der Waals surface area contributed by atoms with Gasteiger partial charge in [-0.05, 0) is 31.0 Å². The first kappa shape index (κ1) is 14.0. The third kappa shape index (κ3) is 3.40. The number of amides is 1. The maximum atomic E-state index is 12.1. The molecule has 21 heavy (non-hydrogen) atoms. The molecular formula is C15H20N4O2. The number of aliphatic hydroxyl groups excluding tert-OH is 1. The number of aromatic nitrogens is 2. The van der Waals surface area contributed by atoms with E-state index >= 15 is 0 Å². The summed E-state index contributed by atoms with van der Waals surface area (Å²) in [5.41, 5.74) is 2.37. The minimum absolute atomic E-state index is 0.0662. The van der Waals surface area contributed by atoms with E-state index in [1.54, 1.807) is 12.4 Å². The van der Waals surface area contributed by atoms with Crippen LogP contribution in [0.15, 0.2) is 24.5 Å². The highest BCUT2D eigenvalue weighted by Crippen LogP contribution is 2.11. The number of imidazole rings is 1. The van der Waals surface area contributed by atoms with Gasteiger partial charge >= 0.3 is 0 Å². The molecule has 6 heteroatoms. The fraction of sp³-hybridized carbons (Fsp3) is 0.467. The second-order valence-electron chi connectivity index (χ2n) is 5.46. The highest BCUT2D eigenvalue weighted by atomic mass is 16.3. The minimum atomic E-state index is -0.156. The Balaban J connectivity index is 1.49. The molecule has 1 aliphatic heterocycles. The quantitative estimate of drug-likeness (QED) is 0.775. The molecule has 3 rings (SSSR count). The van der Waals surface area contributed by atoms with E-state index in [-0.39, 0.29) is 12.0 Å². The lowest BCUT2D eigenvalue weighted by Gasteiger charge is -2.29. The van der Waals surface area contributed by atoms with Crippen LogP contribution in [0.1, 0.15) is 23.2 Å². The summed E-state index contributed by atoms with van der Waals surface area (Å²) in [5, 5.41) is 12.4. The normalized spacial score (nSPS) is 17.2. The van der Waals surface area contributed by atoms with Gasteiger partial charge in [-0.1, -0.05) is 0 Å². The number of aliphatic hydroxyl groups is 1. The zero-order valence-corrected chi connectivity index (χ0v) is 11.9. The fourth-order valence-corrected chi connectivity index (χ4v) is 2.65. The van der Waals surface area contributed by atoms with Gasteiger partial charge in [0.15, 0.2) is 0 Å². The smallest absolute Gasteiger partial charge is 0.251 e. The molecule has 1 aromatic heterocycles. The SMILES string of the molecule is O=C(NCCN1CCC(O)CC1)c1ccc2nc[nH]c2c1. The van der Waals surface area contributed by atoms with Gasteiger partial charge in [-0.2, -0.15) is 0 Å². The molecule has 0 radical (unpaired) electrons. The second kappa shape index (κ2) is 6.24. The molecule has 1 saturated heterocycles. The summed E-state index contributed by atoms with van der Waals surface area (Å²) in [6.07, 6.45) is 3.11. The van der Waals surface area contributed by atoms with Crippen molar-refractivity contribution in [3.8, 4) is 0 Å². The lowest BCUT2D eigenvalue weighted by molar-refractivity contribution is 0.0804. The van der Waals surface area contributed by atoms with Crippen LogP contribution in [0.4, 0.5) is 0 Å². The Kier molecular flexibility index (Phi) is 4.17. The zero-order chi connectivity index (χ0) is 14.7. The molecule has 0 unspecified atom stereocenters. The molecule has 0 bridgehead atoms. The number of benzene rings is 1. The van der Waals surface area contributed by atoms with Crippen LogP contribution in [0.25, 0.3) is 11.0 Å². The highest BCUT2D eigenvalue weighted by Gasteiger charge is 2.16. The minimum Gasteiger partial charge on any atom is -0.393 e. The summed E-state index contributed by atoms with van der Waals surface area (Å²) in [7, 11) is 0. The maximum absolute atomic E-state index is 12.1. The average Bonchev–Trinajstić information content (AvgIpc) is 2.96. The van der Waals surface area contributed by atoms with Crippen molar-refractivity contribution < 1.29 is 9.90 Å². The number of nitrogens with one attached hydrogen (secondary N) is 2. The average molecular weight is 288 g/mol. The van der Waals surface area contributed by atoms with E-state index in [0.29, 0.717) is 12.1 Å². The first-order valence-electron chi connectivity index (χ1n) is 7.34. The van der Waals surface area contributed by atoms with Crippen molar-refractivity contribution in [2.24, 2.45) is 0 Å². The molecule has 112 valence electrons. The van der Waals surface area contributed by atoms with Crippen molar-refractivity contribution in [3.63, 3.8) is 0 Å². The number of nitrogens with zero attached hydrogens (tertiary/aromatic N) is 2. The Morgan fingerprint density at radius 2 is 2.24 bits per heavy atom. The van der Waals surface area contributed by atoms with Crippen LogP contribution in [0, 0.1) is 0 Å². The Morgan fingerprint density at radius 1 is 1.43 bits per heavy atom. The van der Waals surface area contributed by atoms with Crippen molar-refractivity contribution >= 4 is 16.9 Å². The van der Waals surface area contributed by atoms with Crippen molar-refractivity contribution in [2.75, 3.05) is 26.2 Å². The van der Waals surface area contributed by atoms with Crippen LogP contribution in [-0.2, 0) is 0 Å². The molecule has 2 aromatic rings. The first-order valence-corrected chi connectivity index (χ1v) is 7.34. The summed E-state index contributed by atoms with van der Waals surface area (Å²) >= 11 is 0. The summed E-state index contributed by atoms with van der Waals surface area (Å²) in [6, 6.07) is 5.44. The summed E-state index contributed by atoms with van der Waals surface area (Å²) in [4.78, 5) is 21.5. The predicted octanol–water partition coefficient (Wildman–Crippen LogP) is 0.749. The molecule has 1 aromatic carbocycles. The Labute approximate surface area is 123 Å². The van der Waals surface area contributed by atoms with Crippen molar-refractivity contribution in [1.82, 2.24) is 20.2 Å². The van der Waals surface area contributed by atoms with Gasteiger partial charge in [0, 0.05) is 31.7 Å². The number of fused-ring (bicyclic) bond motifs is 1. The number of carbonyl (C=O) groups is 1. The van der Waals surface area contributed by atoms with Crippen LogP contribution >= 0.6 is 0 Å². The number of hydrogen-bond acceptors (Lipinski definition) is 4. The van der Waals surface area contributed by atoms with Crippen LogP contribution in [-0.4, -0.2) is 58.2 Å². The second-order valence-corrected chi connectivity index (χ2v) is 5.46. The van der Waals surface area contributed by atoms with E-state index in [1.165, 1.54) is 0 Å². The summed E-state index contributed by atoms with van der Waals surface area (Å²) in [5.74, 6) is -0.0662. The summed E-state index contributed by atoms with van der Waals surface area (Å²) < 4.78 is 0. The Morgan fingerprint density at radius 3 is 3.05 bits per heavy atom. The van der Waals surface area contributed by atoms with Gasteiger partial charge in [0.2, 0.25) is 0 Å². The lowest BCUT2D eigenvalue weighted by Crippen LogP contribution is -2.40. The highest BCUT2D eigenvalue weighted by molar-refractivity contribution is 5.97. The molecular weight excluding hydrogens is 268 g/mol. The molecule has 0 aliphatic carbocycles. The van der Waals surface area contributed by atoms with Gasteiger partial charge in [-0.3, -0.25) is 4.79 Å². The van der Waals surface area contributed by atoms with Gasteiger partial charge in [0.25, 0.3) is 5.91 Å². The largest absolute Gasteiger partial charge is 0.393 e. The third-order valence-electron chi connectivity index (χ3n) is 3.95. The van der Waals surface area contributed by atoms with Gasteiger partial charge < -0.3 is 20.3 Å². The third-order valence-corrected chi connectivity index (χ3v) is 3.95. The summed E-state index contributed by atoms with van der Waals surface area (Å²) in [6.45, 7) is 3.25. The fourth-order valence-electron chi connectivity index (χ4n) is 2.65. The number of piperidine rings is 1. The van der Waals surface area contributed by atoms with E-state index < -0.39 is 0 Å². The van der Waals surface area contributed by atoms with E-state index in [1.807, 2.05) is 12.1 Å². The van der Waals surface area contributed by atoms with Crippen molar-refractivity contribution in [1.29, 1.82) is 0 Å². The van der Waals surface area contributed by atoms with E-state index in [4.69, 9.17) is 0 Å². The van der Waals surface area contributed by atoms with Crippen LogP contribution < -0.4 is 5.32 Å². The number of H-pyrrole nitrogens is 1. The number of hydrogen-bond donors (Lipinski definition) is 3. The van der Waals surface area contributed by atoms with E-state index in [9.17, 15) is 9.90 Å². The van der Waals surface area contributed by atoms with Gasteiger partial charge in [-0.15, -0.1) is 0 Å². The lowest BCUT2D eigenvalue weighted by atomic mass is 10.1. The number of rotatable bonds is 4. The molecule has 2 heterocycles. The van der Waals surface area contributed by atoms with Gasteiger partial charge in [0.05, 0.1) is 23.5 Å². The Bertz CT molecular complexity index is 617. The zero-order valence-electron chi connectivity index (χ0n) is 11.9. The molecule has 0 atom stereocenters. The number of carbonyl (C=O) groups excluding carboxylic acids is 1. The Hall–Kier alpha value is -1.92. The standard InChI is InChI=1S/C15H20N4O2/c20-12-3-6-19(7-4-12)8-5-16-15(21)11-1-2-13-14(9-11)18-10-17-13/h1-2,9-10,12,20H,3-8H2,(H,16,21)(H,17,18). The number of aromatic amines is 1. The molecule has 3 N–H and O–H groups in total. The molecule has 0 saturated carbocycles. The van der Waals surface area contributed by atoms with E-state index in [0.717, 1.165) is 43.5 Å². The van der Waals surface area contributed by atoms with Crippen molar-refractivity contribution in [2.45, 2.75) is 18.9 Å². The maximum Gasteiger partial charge on any atom is 0.251 e. The monoisotopic (exact) mass is 288 g/mol. The van der Waals surface area contributed by atoms with Crippen LogP contribution in [0.3, 0.4) is 0 Å². The van der Waals surface area contributed by atoms with Gasteiger partial charge in [0.1, 0.15) is 0 Å². The number of likely N-dealkylation sites (tertiary alicyclic amines) is 1. The molecule has 0 spiro atoms. The van der Waals surface area contributed by atoms with Crippen molar-refractivity contribution in [3.05, 3.63) is 30.1 Å². The van der Waals surface area contributed by atoms with E-state index in [2.05, 4.69) is 20.2 Å². The topological polar surface area (TPSA) is 81.2 Å². The van der Waals surface area contributed by atoms with Crippen LogP contribution in [0.2, 0.25) is 0 Å². The van der Waals surface area contributed by atoms with Gasteiger partial charge in [-0.25, -0.2) is 4.98 Å². The first-order chi connectivity index (χ1) is 10.2.